The van der Waals surface area contributed by atoms with Crippen molar-refractivity contribution in [1.29, 1.82) is 0 Å². The Morgan fingerprint density at radius 3 is 2.64 bits per heavy atom. The Bertz CT molecular complexity index is 944. The van der Waals surface area contributed by atoms with E-state index in [0.29, 0.717) is 23.1 Å². The van der Waals surface area contributed by atoms with Gasteiger partial charge in [0.2, 0.25) is 5.91 Å². The third-order valence-electron chi connectivity index (χ3n) is 4.18. The number of aromatic nitrogens is 3. The maximum absolute atomic E-state index is 13.9. The van der Waals surface area contributed by atoms with E-state index in [9.17, 15) is 9.18 Å². The lowest BCUT2D eigenvalue weighted by atomic mass is 10.1. The Morgan fingerprint density at radius 2 is 1.93 bits per heavy atom. The number of hydrogen-bond acceptors (Lipinski definition) is 5. The molecule has 1 aromatic heterocycles. The third-order valence-corrected chi connectivity index (χ3v) is 5.20. The van der Waals surface area contributed by atoms with Crippen molar-refractivity contribution < 1.29 is 13.9 Å². The van der Waals surface area contributed by atoms with Crippen LogP contribution in [0.1, 0.15) is 5.56 Å². The molecule has 0 aliphatic carbocycles. The van der Waals surface area contributed by atoms with E-state index in [-0.39, 0.29) is 17.5 Å². The van der Waals surface area contributed by atoms with Gasteiger partial charge in [0.15, 0.2) is 11.0 Å². The van der Waals surface area contributed by atoms with Crippen LogP contribution in [0.25, 0.3) is 11.4 Å². The number of ether oxygens (including phenoxy) is 1. The number of hydrogen-bond donors (Lipinski definition) is 1. The quantitative estimate of drug-likeness (QED) is 0.589. The number of rotatable bonds is 8. The zero-order valence-electron chi connectivity index (χ0n) is 15.7. The Hall–Kier alpha value is -2.87. The summed E-state index contributed by atoms with van der Waals surface area (Å²) >= 11 is 1.27. The summed E-state index contributed by atoms with van der Waals surface area (Å²) in [6.07, 6.45) is 0.738. The highest BCUT2D eigenvalue weighted by Gasteiger charge is 2.15. The molecule has 0 saturated heterocycles. The molecule has 8 heteroatoms. The Balaban J connectivity index is 1.49. The van der Waals surface area contributed by atoms with Gasteiger partial charge < -0.3 is 14.6 Å². The molecule has 0 spiro atoms. The maximum Gasteiger partial charge on any atom is 0.230 e. The number of benzene rings is 2. The van der Waals surface area contributed by atoms with E-state index < -0.39 is 0 Å². The summed E-state index contributed by atoms with van der Waals surface area (Å²) < 4.78 is 20.8. The molecule has 0 aliphatic heterocycles. The molecule has 2 aromatic carbocycles. The fourth-order valence-corrected chi connectivity index (χ4v) is 3.38. The smallest absolute Gasteiger partial charge is 0.230 e. The summed E-state index contributed by atoms with van der Waals surface area (Å²) in [4.78, 5) is 12.1. The number of carbonyl (C=O) groups is 1. The molecule has 0 aliphatic rings. The van der Waals surface area contributed by atoms with Gasteiger partial charge in [0.25, 0.3) is 0 Å². The minimum Gasteiger partial charge on any atom is -0.497 e. The van der Waals surface area contributed by atoms with Crippen LogP contribution < -0.4 is 10.1 Å². The van der Waals surface area contributed by atoms with Crippen LogP contribution in [0.4, 0.5) is 4.39 Å². The predicted octanol–water partition coefficient (Wildman–Crippen LogP) is 3.08. The number of amides is 1. The highest BCUT2D eigenvalue weighted by atomic mass is 32.2. The summed E-state index contributed by atoms with van der Waals surface area (Å²) in [6.45, 7) is 0.547. The summed E-state index contributed by atoms with van der Waals surface area (Å²) in [5, 5.41) is 11.6. The number of halogens is 1. The second-order valence-corrected chi connectivity index (χ2v) is 7.02. The van der Waals surface area contributed by atoms with Crippen molar-refractivity contribution in [3.05, 3.63) is 59.9 Å². The van der Waals surface area contributed by atoms with Crippen molar-refractivity contribution in [2.45, 2.75) is 11.6 Å². The predicted molar refractivity (Wildman–Crippen MR) is 107 cm³/mol. The van der Waals surface area contributed by atoms with Crippen LogP contribution in [0.2, 0.25) is 0 Å². The molecule has 0 unspecified atom stereocenters. The van der Waals surface area contributed by atoms with E-state index in [1.54, 1.807) is 36.9 Å². The van der Waals surface area contributed by atoms with Crippen LogP contribution >= 0.6 is 11.8 Å². The van der Waals surface area contributed by atoms with Crippen molar-refractivity contribution in [3.8, 4) is 17.1 Å². The SMILES string of the molecule is COc1ccc(CCNC(=O)CSc2nnc(-c3ccccc3F)n2C)cc1. The Kier molecular flexibility index (Phi) is 6.65. The molecule has 0 atom stereocenters. The highest BCUT2D eigenvalue weighted by Crippen LogP contribution is 2.24. The molecule has 28 heavy (non-hydrogen) atoms. The molecule has 3 aromatic rings. The average molecular weight is 400 g/mol. The molecule has 0 saturated carbocycles. The molecule has 3 rings (SSSR count). The Morgan fingerprint density at radius 1 is 1.18 bits per heavy atom. The van der Waals surface area contributed by atoms with Gasteiger partial charge in [-0.1, -0.05) is 36.0 Å². The lowest BCUT2D eigenvalue weighted by molar-refractivity contribution is -0.118. The van der Waals surface area contributed by atoms with E-state index in [1.165, 1.54) is 17.8 Å². The van der Waals surface area contributed by atoms with Gasteiger partial charge in [0.05, 0.1) is 18.4 Å². The van der Waals surface area contributed by atoms with Crippen molar-refractivity contribution in [2.75, 3.05) is 19.4 Å². The van der Waals surface area contributed by atoms with E-state index in [1.807, 2.05) is 24.3 Å². The maximum atomic E-state index is 13.9. The van der Waals surface area contributed by atoms with Gasteiger partial charge >= 0.3 is 0 Å². The summed E-state index contributed by atoms with van der Waals surface area (Å²) in [5.74, 6) is 1.01. The number of nitrogens with one attached hydrogen (secondary N) is 1. The fourth-order valence-electron chi connectivity index (χ4n) is 2.64. The molecule has 1 amide bonds. The monoisotopic (exact) mass is 400 g/mol. The van der Waals surface area contributed by atoms with Crippen LogP contribution in [0, 0.1) is 5.82 Å². The molecule has 0 radical (unpaired) electrons. The lowest BCUT2D eigenvalue weighted by Gasteiger charge is -2.07. The lowest BCUT2D eigenvalue weighted by Crippen LogP contribution is -2.27. The second-order valence-electron chi connectivity index (χ2n) is 6.08. The van der Waals surface area contributed by atoms with Gasteiger partial charge in [-0.2, -0.15) is 0 Å². The number of carbonyl (C=O) groups excluding carboxylic acids is 1. The zero-order chi connectivity index (χ0) is 19.9. The summed E-state index contributed by atoms with van der Waals surface area (Å²) in [6, 6.07) is 14.2. The van der Waals surface area contributed by atoms with Crippen molar-refractivity contribution >= 4 is 17.7 Å². The van der Waals surface area contributed by atoms with Crippen molar-refractivity contribution in [3.63, 3.8) is 0 Å². The number of thioether (sulfide) groups is 1. The fraction of sp³-hybridized carbons (Fsp3) is 0.250. The van der Waals surface area contributed by atoms with Crippen LogP contribution in [-0.2, 0) is 18.3 Å². The van der Waals surface area contributed by atoms with Gasteiger partial charge in [-0.25, -0.2) is 4.39 Å². The normalized spacial score (nSPS) is 10.7. The first-order valence-electron chi connectivity index (χ1n) is 8.75. The van der Waals surface area contributed by atoms with Crippen molar-refractivity contribution in [1.82, 2.24) is 20.1 Å². The van der Waals surface area contributed by atoms with Crippen molar-refractivity contribution in [2.24, 2.45) is 7.05 Å². The molecule has 0 bridgehead atoms. The van der Waals surface area contributed by atoms with Crippen LogP contribution in [-0.4, -0.2) is 40.1 Å². The highest BCUT2D eigenvalue weighted by molar-refractivity contribution is 7.99. The van der Waals surface area contributed by atoms with Crippen LogP contribution in [0.15, 0.2) is 53.7 Å². The summed E-state index contributed by atoms with van der Waals surface area (Å²) in [7, 11) is 3.38. The minimum absolute atomic E-state index is 0.0889. The average Bonchev–Trinajstić information content (AvgIpc) is 3.07. The van der Waals surface area contributed by atoms with Gasteiger partial charge in [0, 0.05) is 13.6 Å². The van der Waals surface area contributed by atoms with Gasteiger partial charge in [-0.3, -0.25) is 4.79 Å². The first kappa shape index (κ1) is 19.9. The molecular formula is C20H21FN4O2S. The molecule has 146 valence electrons. The van der Waals surface area contributed by atoms with Crippen LogP contribution in [0.3, 0.4) is 0 Å². The standard InChI is InChI=1S/C20H21FN4O2S/c1-25-19(16-5-3-4-6-17(16)21)23-24-20(25)28-13-18(26)22-12-11-14-7-9-15(27-2)10-8-14/h3-10H,11-13H2,1-2H3,(H,22,26). The van der Waals surface area contributed by atoms with Gasteiger partial charge in [-0.15, -0.1) is 10.2 Å². The molecule has 0 fully saturated rings. The molecule has 1 heterocycles. The molecule has 1 N–H and O–H groups in total. The van der Waals surface area contributed by atoms with Gasteiger partial charge in [-0.05, 0) is 36.2 Å². The third kappa shape index (κ3) is 4.89. The molecular weight excluding hydrogens is 379 g/mol. The number of methoxy groups -OCH3 is 1. The topological polar surface area (TPSA) is 69.0 Å². The first-order valence-corrected chi connectivity index (χ1v) is 9.73. The van der Waals surface area contributed by atoms with E-state index >= 15 is 0 Å². The molecule has 6 nitrogen and oxygen atoms in total. The van der Waals surface area contributed by atoms with E-state index in [2.05, 4.69) is 15.5 Å². The van der Waals surface area contributed by atoms with Crippen LogP contribution in [0.5, 0.6) is 5.75 Å². The second kappa shape index (κ2) is 9.36. The Labute approximate surface area is 167 Å². The summed E-state index contributed by atoms with van der Waals surface area (Å²) in [5.41, 5.74) is 1.50. The number of nitrogens with zero attached hydrogens (tertiary/aromatic N) is 3. The van der Waals surface area contributed by atoms with E-state index in [0.717, 1.165) is 17.7 Å². The van der Waals surface area contributed by atoms with Gasteiger partial charge in [0.1, 0.15) is 11.6 Å². The first-order chi connectivity index (χ1) is 13.6. The largest absolute Gasteiger partial charge is 0.497 e. The minimum atomic E-state index is -0.356. The van der Waals surface area contributed by atoms with E-state index in [4.69, 9.17) is 4.74 Å². The zero-order valence-corrected chi connectivity index (χ0v) is 16.5.